The predicted octanol–water partition coefficient (Wildman–Crippen LogP) is 2.70. The standard InChI is InChI=1S/C13H13N2S/c1-16-15-10-14-9-5-4-7-12(14)11-6-2-3-8-13(11)15/h2-9H,10H2,1H3/q+1. The molecule has 2 nitrogen and oxygen atoms in total. The summed E-state index contributed by atoms with van der Waals surface area (Å²) in [6, 6.07) is 14.9. The number of aromatic nitrogens is 1. The van der Waals surface area contributed by atoms with Crippen molar-refractivity contribution >= 4 is 17.6 Å². The molecular formula is C13H13N2S+. The highest BCUT2D eigenvalue weighted by Gasteiger charge is 2.26. The Morgan fingerprint density at radius 2 is 1.94 bits per heavy atom. The van der Waals surface area contributed by atoms with Crippen LogP contribution in [0.4, 0.5) is 5.69 Å². The zero-order valence-electron chi connectivity index (χ0n) is 9.13. The van der Waals surface area contributed by atoms with Crippen molar-refractivity contribution in [1.29, 1.82) is 0 Å². The van der Waals surface area contributed by atoms with Gasteiger partial charge in [-0.25, -0.2) is 0 Å². The third-order valence-electron chi connectivity index (χ3n) is 2.89. The van der Waals surface area contributed by atoms with Crippen molar-refractivity contribution in [3.63, 3.8) is 0 Å². The second kappa shape index (κ2) is 3.83. The summed E-state index contributed by atoms with van der Waals surface area (Å²) in [6.07, 6.45) is 4.25. The summed E-state index contributed by atoms with van der Waals surface area (Å²) in [4.78, 5) is 0. The maximum atomic E-state index is 2.31. The number of para-hydroxylation sites is 1. The minimum atomic E-state index is 0.911. The van der Waals surface area contributed by atoms with Crippen LogP contribution in [0.1, 0.15) is 0 Å². The van der Waals surface area contributed by atoms with Crippen molar-refractivity contribution in [2.24, 2.45) is 0 Å². The van der Waals surface area contributed by atoms with Gasteiger partial charge in [-0.3, -0.25) is 4.31 Å². The Hall–Kier alpha value is -1.48. The highest BCUT2D eigenvalue weighted by atomic mass is 32.2. The molecule has 1 aromatic carbocycles. The van der Waals surface area contributed by atoms with Gasteiger partial charge in [0.2, 0.25) is 12.4 Å². The molecule has 3 rings (SSSR count). The normalized spacial score (nSPS) is 13.2. The molecule has 3 heteroatoms. The van der Waals surface area contributed by atoms with Gasteiger partial charge in [-0.05, 0) is 30.1 Å². The summed E-state index contributed by atoms with van der Waals surface area (Å²) < 4.78 is 4.58. The molecule has 2 aromatic rings. The average molecular weight is 229 g/mol. The van der Waals surface area contributed by atoms with E-state index in [1.54, 1.807) is 11.9 Å². The molecule has 0 atom stereocenters. The number of rotatable bonds is 1. The van der Waals surface area contributed by atoms with Crippen molar-refractivity contribution in [3.05, 3.63) is 48.7 Å². The zero-order valence-corrected chi connectivity index (χ0v) is 9.95. The topological polar surface area (TPSA) is 7.12 Å². The van der Waals surface area contributed by atoms with Crippen molar-refractivity contribution < 1.29 is 4.57 Å². The van der Waals surface area contributed by atoms with Gasteiger partial charge >= 0.3 is 0 Å². The SMILES string of the molecule is CSN1C[n+]2ccccc2-c2ccccc21. The molecule has 2 heterocycles. The fraction of sp³-hybridized carbons (Fsp3) is 0.154. The van der Waals surface area contributed by atoms with Crippen molar-refractivity contribution in [1.82, 2.24) is 0 Å². The van der Waals surface area contributed by atoms with E-state index in [9.17, 15) is 0 Å². The third-order valence-corrected chi connectivity index (χ3v) is 3.64. The average Bonchev–Trinajstić information content (AvgIpc) is 2.38. The Kier molecular flexibility index (Phi) is 2.33. The molecule has 0 radical (unpaired) electrons. The lowest BCUT2D eigenvalue weighted by Crippen LogP contribution is -2.45. The van der Waals surface area contributed by atoms with E-state index in [4.69, 9.17) is 0 Å². The lowest BCUT2D eigenvalue weighted by Gasteiger charge is -2.25. The van der Waals surface area contributed by atoms with Crippen molar-refractivity contribution in [2.75, 3.05) is 10.6 Å². The van der Waals surface area contributed by atoms with Crippen LogP contribution in [-0.4, -0.2) is 6.26 Å². The van der Waals surface area contributed by atoms with E-state index in [1.165, 1.54) is 16.9 Å². The second-order valence-electron chi connectivity index (χ2n) is 3.78. The molecular weight excluding hydrogens is 216 g/mol. The number of anilines is 1. The molecule has 1 aromatic heterocycles. The molecule has 1 aliphatic rings. The van der Waals surface area contributed by atoms with Gasteiger partial charge in [0.15, 0.2) is 6.20 Å². The fourth-order valence-corrected chi connectivity index (χ4v) is 2.72. The van der Waals surface area contributed by atoms with Crippen LogP contribution in [0.3, 0.4) is 0 Å². The molecule has 0 fully saturated rings. The fourth-order valence-electron chi connectivity index (χ4n) is 2.12. The highest BCUT2D eigenvalue weighted by molar-refractivity contribution is 7.99. The number of benzene rings is 1. The van der Waals surface area contributed by atoms with Crippen LogP contribution in [0.5, 0.6) is 0 Å². The van der Waals surface area contributed by atoms with Gasteiger partial charge in [0, 0.05) is 18.4 Å². The Labute approximate surface area is 99.7 Å². The number of hydrogen-bond donors (Lipinski definition) is 0. The first-order valence-corrected chi connectivity index (χ1v) is 6.48. The molecule has 0 bridgehead atoms. The summed E-state index contributed by atoms with van der Waals surface area (Å²) in [5.74, 6) is 0. The molecule has 0 spiro atoms. The summed E-state index contributed by atoms with van der Waals surface area (Å²) in [7, 11) is 0. The predicted molar refractivity (Wildman–Crippen MR) is 68.1 cm³/mol. The Balaban J connectivity index is 2.24. The number of fused-ring (bicyclic) bond motifs is 3. The molecule has 80 valence electrons. The first kappa shape index (κ1) is 9.73. The second-order valence-corrected chi connectivity index (χ2v) is 4.58. The van der Waals surface area contributed by atoms with Gasteiger partial charge < -0.3 is 0 Å². The Bertz CT molecular complexity index is 525. The Morgan fingerprint density at radius 3 is 2.81 bits per heavy atom. The largest absolute Gasteiger partial charge is 0.258 e. The summed E-state index contributed by atoms with van der Waals surface area (Å²) in [5, 5.41) is 0. The lowest BCUT2D eigenvalue weighted by atomic mass is 10.1. The van der Waals surface area contributed by atoms with Gasteiger partial charge in [-0.1, -0.05) is 12.1 Å². The van der Waals surface area contributed by atoms with Gasteiger partial charge in [0.1, 0.15) is 0 Å². The van der Waals surface area contributed by atoms with Crippen LogP contribution in [0.25, 0.3) is 11.3 Å². The van der Waals surface area contributed by atoms with Crippen LogP contribution in [0.2, 0.25) is 0 Å². The molecule has 0 aliphatic carbocycles. The maximum Gasteiger partial charge on any atom is 0.233 e. The maximum absolute atomic E-state index is 2.31. The first-order chi connectivity index (χ1) is 7.90. The molecule has 0 saturated heterocycles. The molecule has 0 N–H and O–H groups in total. The first-order valence-electron chi connectivity index (χ1n) is 5.29. The molecule has 16 heavy (non-hydrogen) atoms. The number of pyridine rings is 1. The van der Waals surface area contributed by atoms with Crippen molar-refractivity contribution in [2.45, 2.75) is 6.67 Å². The summed E-state index contributed by atoms with van der Waals surface area (Å²) >= 11 is 1.76. The van der Waals surface area contributed by atoms with E-state index in [0.717, 1.165) is 6.67 Å². The van der Waals surface area contributed by atoms with Gasteiger partial charge in [0.05, 0.1) is 11.3 Å². The molecule has 1 aliphatic heterocycles. The van der Waals surface area contributed by atoms with E-state index in [0.29, 0.717) is 0 Å². The lowest BCUT2D eigenvalue weighted by molar-refractivity contribution is -0.684. The van der Waals surface area contributed by atoms with Gasteiger partial charge in [-0.15, -0.1) is 0 Å². The van der Waals surface area contributed by atoms with E-state index in [2.05, 4.69) is 63.8 Å². The monoisotopic (exact) mass is 229 g/mol. The molecule has 0 amide bonds. The van der Waals surface area contributed by atoms with Crippen LogP contribution in [0.15, 0.2) is 48.7 Å². The van der Waals surface area contributed by atoms with Crippen LogP contribution < -0.4 is 8.87 Å². The minimum Gasteiger partial charge on any atom is -0.258 e. The van der Waals surface area contributed by atoms with E-state index in [1.807, 2.05) is 0 Å². The molecule has 0 saturated carbocycles. The number of hydrogen-bond acceptors (Lipinski definition) is 2. The van der Waals surface area contributed by atoms with Gasteiger partial charge in [0.25, 0.3) is 0 Å². The smallest absolute Gasteiger partial charge is 0.233 e. The van der Waals surface area contributed by atoms with E-state index in [-0.39, 0.29) is 0 Å². The van der Waals surface area contributed by atoms with E-state index >= 15 is 0 Å². The van der Waals surface area contributed by atoms with Gasteiger partial charge in [-0.2, -0.15) is 4.57 Å². The quantitative estimate of drug-likeness (QED) is 0.548. The summed E-state index contributed by atoms with van der Waals surface area (Å²) in [6.45, 7) is 0.911. The Morgan fingerprint density at radius 1 is 1.12 bits per heavy atom. The number of nitrogens with zero attached hydrogens (tertiary/aromatic N) is 2. The third kappa shape index (κ3) is 1.39. The van der Waals surface area contributed by atoms with Crippen LogP contribution in [0, 0.1) is 0 Å². The highest BCUT2D eigenvalue weighted by Crippen LogP contribution is 2.34. The summed E-state index contributed by atoms with van der Waals surface area (Å²) in [5.41, 5.74) is 3.91. The molecule has 0 unspecified atom stereocenters. The van der Waals surface area contributed by atoms with E-state index < -0.39 is 0 Å². The van der Waals surface area contributed by atoms with Crippen LogP contribution in [-0.2, 0) is 6.67 Å². The minimum absolute atomic E-state index is 0.911. The van der Waals surface area contributed by atoms with Crippen molar-refractivity contribution in [3.8, 4) is 11.3 Å². The zero-order chi connectivity index (χ0) is 11.0. The van der Waals surface area contributed by atoms with Crippen LogP contribution >= 0.6 is 11.9 Å².